The number of nitrogens with zero attached hydrogens (tertiary/aromatic N) is 1. The van der Waals surface area contributed by atoms with Gasteiger partial charge in [0.2, 0.25) is 0 Å². The SMILES string of the molecule is CCC(CC)NCc1cc(C(=O)O)ccn1. The number of aromatic carboxylic acids is 1. The molecule has 0 bridgehead atoms. The van der Waals surface area contributed by atoms with Gasteiger partial charge in [-0.1, -0.05) is 13.8 Å². The Morgan fingerprint density at radius 1 is 1.50 bits per heavy atom. The zero-order chi connectivity index (χ0) is 12.0. The van der Waals surface area contributed by atoms with E-state index >= 15 is 0 Å². The van der Waals surface area contributed by atoms with E-state index in [1.54, 1.807) is 6.07 Å². The number of carbonyl (C=O) groups is 1. The molecule has 0 aromatic carbocycles. The van der Waals surface area contributed by atoms with Gasteiger partial charge in [-0.05, 0) is 25.0 Å². The van der Waals surface area contributed by atoms with Crippen LogP contribution in [0.2, 0.25) is 0 Å². The molecule has 4 nitrogen and oxygen atoms in total. The zero-order valence-electron chi connectivity index (χ0n) is 9.73. The molecule has 1 rings (SSSR count). The summed E-state index contributed by atoms with van der Waals surface area (Å²) in [5.41, 5.74) is 1.06. The minimum Gasteiger partial charge on any atom is -0.478 e. The first kappa shape index (κ1) is 12.6. The molecule has 0 aliphatic carbocycles. The van der Waals surface area contributed by atoms with Gasteiger partial charge in [0, 0.05) is 18.8 Å². The van der Waals surface area contributed by atoms with Crippen LogP contribution in [0.25, 0.3) is 0 Å². The first-order valence-electron chi connectivity index (χ1n) is 5.59. The molecule has 1 aromatic heterocycles. The van der Waals surface area contributed by atoms with E-state index in [0.29, 0.717) is 12.6 Å². The summed E-state index contributed by atoms with van der Waals surface area (Å²) in [7, 11) is 0. The number of rotatable bonds is 6. The summed E-state index contributed by atoms with van der Waals surface area (Å²) >= 11 is 0. The molecule has 0 atom stereocenters. The van der Waals surface area contributed by atoms with Crippen molar-refractivity contribution < 1.29 is 9.90 Å². The van der Waals surface area contributed by atoms with Crippen molar-refractivity contribution in [3.8, 4) is 0 Å². The summed E-state index contributed by atoms with van der Waals surface area (Å²) in [6, 6.07) is 3.58. The highest BCUT2D eigenvalue weighted by atomic mass is 16.4. The second-order valence-electron chi connectivity index (χ2n) is 3.74. The maximum atomic E-state index is 10.8. The highest BCUT2D eigenvalue weighted by molar-refractivity contribution is 5.87. The second kappa shape index (κ2) is 6.23. The molecule has 0 radical (unpaired) electrons. The Morgan fingerprint density at radius 3 is 2.75 bits per heavy atom. The van der Waals surface area contributed by atoms with Crippen molar-refractivity contribution in [1.29, 1.82) is 0 Å². The smallest absolute Gasteiger partial charge is 0.335 e. The van der Waals surface area contributed by atoms with E-state index in [-0.39, 0.29) is 5.56 Å². The Labute approximate surface area is 95.7 Å². The van der Waals surface area contributed by atoms with E-state index in [4.69, 9.17) is 5.11 Å². The van der Waals surface area contributed by atoms with Crippen LogP contribution in [-0.2, 0) is 6.54 Å². The van der Waals surface area contributed by atoms with Crippen LogP contribution >= 0.6 is 0 Å². The van der Waals surface area contributed by atoms with Gasteiger partial charge < -0.3 is 10.4 Å². The molecular weight excluding hydrogens is 204 g/mol. The summed E-state index contributed by atoms with van der Waals surface area (Å²) in [6.45, 7) is 4.87. The summed E-state index contributed by atoms with van der Waals surface area (Å²) in [6.07, 6.45) is 3.66. The standard InChI is InChI=1S/C12H18N2O2/c1-3-10(4-2)14-8-11-7-9(12(15)16)5-6-13-11/h5-7,10,14H,3-4,8H2,1-2H3,(H,15,16). The van der Waals surface area contributed by atoms with Gasteiger partial charge in [-0.2, -0.15) is 0 Å². The highest BCUT2D eigenvalue weighted by Crippen LogP contribution is 2.03. The van der Waals surface area contributed by atoms with Crippen LogP contribution in [0, 0.1) is 0 Å². The predicted octanol–water partition coefficient (Wildman–Crippen LogP) is 2.06. The Hall–Kier alpha value is -1.42. The highest BCUT2D eigenvalue weighted by Gasteiger charge is 2.06. The summed E-state index contributed by atoms with van der Waals surface area (Å²) in [5, 5.41) is 12.2. The number of hydrogen-bond donors (Lipinski definition) is 2. The number of aromatic nitrogens is 1. The van der Waals surface area contributed by atoms with Crippen molar-refractivity contribution in [2.24, 2.45) is 0 Å². The molecule has 0 saturated heterocycles. The minimum atomic E-state index is -0.911. The lowest BCUT2D eigenvalue weighted by Crippen LogP contribution is -2.27. The lowest BCUT2D eigenvalue weighted by Gasteiger charge is -2.14. The van der Waals surface area contributed by atoms with Gasteiger partial charge in [0.25, 0.3) is 0 Å². The molecule has 2 N–H and O–H groups in total. The van der Waals surface area contributed by atoms with Crippen LogP contribution in [-0.4, -0.2) is 22.1 Å². The van der Waals surface area contributed by atoms with E-state index in [2.05, 4.69) is 24.1 Å². The summed E-state index contributed by atoms with van der Waals surface area (Å²) < 4.78 is 0. The Morgan fingerprint density at radius 2 is 2.19 bits per heavy atom. The van der Waals surface area contributed by atoms with Crippen molar-refractivity contribution in [3.63, 3.8) is 0 Å². The second-order valence-corrected chi connectivity index (χ2v) is 3.74. The zero-order valence-corrected chi connectivity index (χ0v) is 9.73. The molecule has 16 heavy (non-hydrogen) atoms. The van der Waals surface area contributed by atoms with E-state index in [1.165, 1.54) is 12.3 Å². The number of carboxylic acid groups (broad SMARTS) is 1. The number of nitrogens with one attached hydrogen (secondary N) is 1. The third kappa shape index (κ3) is 3.62. The fourth-order valence-electron chi connectivity index (χ4n) is 1.53. The third-order valence-corrected chi connectivity index (χ3v) is 2.62. The molecule has 0 amide bonds. The lowest BCUT2D eigenvalue weighted by molar-refractivity contribution is 0.0696. The maximum absolute atomic E-state index is 10.8. The first-order valence-corrected chi connectivity index (χ1v) is 5.59. The van der Waals surface area contributed by atoms with Crippen LogP contribution in [0.1, 0.15) is 42.7 Å². The fourth-order valence-corrected chi connectivity index (χ4v) is 1.53. The van der Waals surface area contributed by atoms with E-state index < -0.39 is 5.97 Å². The minimum absolute atomic E-state index is 0.288. The molecule has 0 saturated carbocycles. The van der Waals surface area contributed by atoms with Gasteiger partial charge in [-0.15, -0.1) is 0 Å². The monoisotopic (exact) mass is 222 g/mol. The molecule has 1 aromatic rings. The van der Waals surface area contributed by atoms with Crippen LogP contribution in [0.4, 0.5) is 0 Å². The van der Waals surface area contributed by atoms with Gasteiger partial charge >= 0.3 is 5.97 Å². The van der Waals surface area contributed by atoms with E-state index in [0.717, 1.165) is 18.5 Å². The van der Waals surface area contributed by atoms with Crippen molar-refractivity contribution in [3.05, 3.63) is 29.6 Å². The van der Waals surface area contributed by atoms with Crippen LogP contribution < -0.4 is 5.32 Å². The van der Waals surface area contributed by atoms with Gasteiger partial charge in [-0.3, -0.25) is 4.98 Å². The third-order valence-electron chi connectivity index (χ3n) is 2.62. The molecule has 0 fully saturated rings. The van der Waals surface area contributed by atoms with E-state index in [9.17, 15) is 4.79 Å². The number of hydrogen-bond acceptors (Lipinski definition) is 3. The van der Waals surface area contributed by atoms with Crippen LogP contribution in [0.15, 0.2) is 18.3 Å². The van der Waals surface area contributed by atoms with Gasteiger partial charge in [0.05, 0.1) is 11.3 Å². The molecular formula is C12H18N2O2. The number of pyridine rings is 1. The molecule has 0 aliphatic heterocycles. The van der Waals surface area contributed by atoms with Crippen molar-refractivity contribution in [1.82, 2.24) is 10.3 Å². The van der Waals surface area contributed by atoms with Gasteiger partial charge in [0.1, 0.15) is 0 Å². The van der Waals surface area contributed by atoms with Crippen LogP contribution in [0.3, 0.4) is 0 Å². The van der Waals surface area contributed by atoms with Crippen molar-refractivity contribution in [2.75, 3.05) is 0 Å². The summed E-state index contributed by atoms with van der Waals surface area (Å²) in [4.78, 5) is 14.9. The average molecular weight is 222 g/mol. The van der Waals surface area contributed by atoms with Gasteiger partial charge in [-0.25, -0.2) is 4.79 Å². The molecule has 0 aliphatic rings. The van der Waals surface area contributed by atoms with Gasteiger partial charge in [0.15, 0.2) is 0 Å². The first-order chi connectivity index (χ1) is 7.67. The lowest BCUT2D eigenvalue weighted by atomic mass is 10.1. The average Bonchev–Trinajstić information content (AvgIpc) is 2.31. The largest absolute Gasteiger partial charge is 0.478 e. The topological polar surface area (TPSA) is 62.2 Å². The Kier molecular flexibility index (Phi) is 4.92. The molecule has 0 spiro atoms. The molecule has 0 unspecified atom stereocenters. The fraction of sp³-hybridized carbons (Fsp3) is 0.500. The quantitative estimate of drug-likeness (QED) is 0.773. The normalized spacial score (nSPS) is 10.7. The number of carboxylic acids is 1. The molecule has 4 heteroatoms. The predicted molar refractivity (Wildman–Crippen MR) is 62.4 cm³/mol. The van der Waals surface area contributed by atoms with Crippen molar-refractivity contribution in [2.45, 2.75) is 39.3 Å². The summed E-state index contributed by atoms with van der Waals surface area (Å²) in [5.74, 6) is -0.911. The Balaban J connectivity index is 2.60. The molecule has 88 valence electrons. The van der Waals surface area contributed by atoms with Crippen molar-refractivity contribution >= 4 is 5.97 Å². The van der Waals surface area contributed by atoms with E-state index in [1.807, 2.05) is 0 Å². The Bertz CT molecular complexity index is 349. The van der Waals surface area contributed by atoms with Crippen LogP contribution in [0.5, 0.6) is 0 Å². The molecule has 1 heterocycles. The maximum Gasteiger partial charge on any atom is 0.335 e.